The number of ether oxygens (including phenoxy) is 1. The van der Waals surface area contributed by atoms with E-state index in [9.17, 15) is 4.79 Å². The van der Waals surface area contributed by atoms with Crippen molar-refractivity contribution in [1.82, 2.24) is 15.2 Å². The SMILES string of the molecule is CCOC(=O)N1CCC(NCc2ccnc(C#N)c2)CC1. The first-order chi connectivity index (χ1) is 10.2. The molecule has 1 aliphatic rings. The van der Waals surface area contributed by atoms with E-state index < -0.39 is 0 Å². The van der Waals surface area contributed by atoms with Crippen molar-refractivity contribution in [1.29, 1.82) is 5.26 Å². The molecular weight excluding hydrogens is 268 g/mol. The molecule has 1 saturated heterocycles. The zero-order valence-corrected chi connectivity index (χ0v) is 12.2. The third-order valence-electron chi connectivity index (χ3n) is 3.55. The highest BCUT2D eigenvalue weighted by Gasteiger charge is 2.23. The van der Waals surface area contributed by atoms with Crippen LogP contribution in [-0.4, -0.2) is 41.7 Å². The molecular formula is C15H20N4O2. The normalized spacial score (nSPS) is 15.5. The summed E-state index contributed by atoms with van der Waals surface area (Å²) in [5.74, 6) is 0. The first-order valence-electron chi connectivity index (χ1n) is 7.23. The Balaban J connectivity index is 1.76. The number of pyridine rings is 1. The van der Waals surface area contributed by atoms with Crippen LogP contribution in [0.25, 0.3) is 0 Å². The van der Waals surface area contributed by atoms with Crippen LogP contribution in [0.3, 0.4) is 0 Å². The van der Waals surface area contributed by atoms with Crippen LogP contribution < -0.4 is 5.32 Å². The lowest BCUT2D eigenvalue weighted by Gasteiger charge is -2.31. The summed E-state index contributed by atoms with van der Waals surface area (Å²) in [5, 5.41) is 12.3. The molecule has 1 aromatic rings. The average Bonchev–Trinajstić information content (AvgIpc) is 2.54. The molecule has 2 heterocycles. The number of hydrogen-bond acceptors (Lipinski definition) is 5. The van der Waals surface area contributed by atoms with Gasteiger partial charge < -0.3 is 15.0 Å². The third kappa shape index (κ3) is 4.43. The van der Waals surface area contributed by atoms with Gasteiger partial charge in [0.15, 0.2) is 0 Å². The molecule has 2 rings (SSSR count). The van der Waals surface area contributed by atoms with Crippen LogP contribution in [0.5, 0.6) is 0 Å². The molecule has 0 aromatic carbocycles. The molecule has 1 amide bonds. The van der Waals surface area contributed by atoms with E-state index in [4.69, 9.17) is 10.00 Å². The number of rotatable bonds is 4. The number of aromatic nitrogens is 1. The van der Waals surface area contributed by atoms with E-state index in [0.717, 1.165) is 31.5 Å². The monoisotopic (exact) mass is 288 g/mol. The summed E-state index contributed by atoms with van der Waals surface area (Å²) in [4.78, 5) is 17.3. The van der Waals surface area contributed by atoms with Crippen LogP contribution >= 0.6 is 0 Å². The van der Waals surface area contributed by atoms with Gasteiger partial charge in [-0.25, -0.2) is 9.78 Å². The molecule has 0 radical (unpaired) electrons. The van der Waals surface area contributed by atoms with Crippen molar-refractivity contribution in [2.24, 2.45) is 0 Å². The van der Waals surface area contributed by atoms with Crippen LogP contribution in [0, 0.1) is 11.3 Å². The van der Waals surface area contributed by atoms with E-state index in [2.05, 4.69) is 10.3 Å². The molecule has 0 saturated carbocycles. The van der Waals surface area contributed by atoms with Gasteiger partial charge in [-0.05, 0) is 37.5 Å². The molecule has 0 bridgehead atoms. The molecule has 6 nitrogen and oxygen atoms in total. The van der Waals surface area contributed by atoms with Crippen molar-refractivity contribution >= 4 is 6.09 Å². The van der Waals surface area contributed by atoms with Gasteiger partial charge in [0, 0.05) is 31.9 Å². The highest BCUT2D eigenvalue weighted by molar-refractivity contribution is 5.67. The Morgan fingerprint density at radius 2 is 2.33 bits per heavy atom. The fourth-order valence-corrected chi connectivity index (χ4v) is 2.39. The van der Waals surface area contributed by atoms with Crippen molar-refractivity contribution in [3.05, 3.63) is 29.6 Å². The molecule has 1 N–H and O–H groups in total. The molecule has 21 heavy (non-hydrogen) atoms. The summed E-state index contributed by atoms with van der Waals surface area (Å²) < 4.78 is 5.00. The maximum absolute atomic E-state index is 11.6. The molecule has 112 valence electrons. The number of nitrogens with one attached hydrogen (secondary N) is 1. The summed E-state index contributed by atoms with van der Waals surface area (Å²) in [7, 11) is 0. The smallest absolute Gasteiger partial charge is 0.409 e. The van der Waals surface area contributed by atoms with Crippen molar-refractivity contribution < 1.29 is 9.53 Å². The number of amides is 1. The third-order valence-corrected chi connectivity index (χ3v) is 3.55. The topological polar surface area (TPSA) is 78.2 Å². The molecule has 1 aromatic heterocycles. The van der Waals surface area contributed by atoms with Gasteiger partial charge in [-0.3, -0.25) is 0 Å². The predicted octanol–water partition coefficient (Wildman–Crippen LogP) is 1.66. The number of hydrogen-bond donors (Lipinski definition) is 1. The molecule has 0 aliphatic carbocycles. The molecule has 1 aliphatic heterocycles. The van der Waals surface area contributed by atoms with E-state index in [0.29, 0.717) is 24.9 Å². The Labute approximate surface area is 124 Å². The standard InChI is InChI=1S/C15H20N4O2/c1-2-21-15(20)19-7-4-13(5-8-19)18-11-12-3-6-17-14(9-12)10-16/h3,6,9,13,18H,2,4-5,7-8,11H2,1H3. The Bertz CT molecular complexity index is 519. The van der Waals surface area contributed by atoms with E-state index in [-0.39, 0.29) is 6.09 Å². The number of carbonyl (C=O) groups excluding carboxylic acids is 1. The van der Waals surface area contributed by atoms with Crippen LogP contribution in [-0.2, 0) is 11.3 Å². The van der Waals surface area contributed by atoms with Gasteiger partial charge in [-0.1, -0.05) is 0 Å². The zero-order chi connectivity index (χ0) is 15.1. The van der Waals surface area contributed by atoms with Crippen molar-refractivity contribution in [3.8, 4) is 6.07 Å². The van der Waals surface area contributed by atoms with Crippen LogP contribution in [0.1, 0.15) is 31.0 Å². The largest absolute Gasteiger partial charge is 0.450 e. The van der Waals surface area contributed by atoms with Crippen LogP contribution in [0.4, 0.5) is 4.79 Å². The molecule has 0 spiro atoms. The van der Waals surface area contributed by atoms with Gasteiger partial charge in [-0.2, -0.15) is 5.26 Å². The van der Waals surface area contributed by atoms with Crippen LogP contribution in [0.2, 0.25) is 0 Å². The number of nitriles is 1. The van der Waals surface area contributed by atoms with Gasteiger partial charge in [0.05, 0.1) is 6.61 Å². The second kappa shape index (κ2) is 7.60. The van der Waals surface area contributed by atoms with Gasteiger partial charge in [0.2, 0.25) is 0 Å². The molecule has 1 fully saturated rings. The van der Waals surface area contributed by atoms with Gasteiger partial charge in [-0.15, -0.1) is 0 Å². The number of likely N-dealkylation sites (tertiary alicyclic amines) is 1. The summed E-state index contributed by atoms with van der Waals surface area (Å²) >= 11 is 0. The fourth-order valence-electron chi connectivity index (χ4n) is 2.39. The summed E-state index contributed by atoms with van der Waals surface area (Å²) in [6.45, 7) is 4.38. The first kappa shape index (κ1) is 15.3. The van der Waals surface area contributed by atoms with Gasteiger partial charge in [0.1, 0.15) is 11.8 Å². The average molecular weight is 288 g/mol. The summed E-state index contributed by atoms with van der Waals surface area (Å²) in [5.41, 5.74) is 1.49. The minimum Gasteiger partial charge on any atom is -0.450 e. The molecule has 0 unspecified atom stereocenters. The minimum atomic E-state index is -0.219. The van der Waals surface area contributed by atoms with Gasteiger partial charge in [0.25, 0.3) is 0 Å². The first-order valence-corrected chi connectivity index (χ1v) is 7.23. The van der Waals surface area contributed by atoms with E-state index in [1.807, 2.05) is 19.1 Å². The number of nitrogens with zero attached hydrogens (tertiary/aromatic N) is 3. The Morgan fingerprint density at radius 1 is 1.57 bits per heavy atom. The van der Waals surface area contributed by atoms with Crippen molar-refractivity contribution in [3.63, 3.8) is 0 Å². The second-order valence-corrected chi connectivity index (χ2v) is 5.00. The van der Waals surface area contributed by atoms with E-state index in [1.54, 1.807) is 17.2 Å². The van der Waals surface area contributed by atoms with Crippen LogP contribution in [0.15, 0.2) is 18.3 Å². The Hall–Kier alpha value is -2.13. The quantitative estimate of drug-likeness (QED) is 0.911. The predicted molar refractivity (Wildman–Crippen MR) is 77.4 cm³/mol. The number of piperidine rings is 1. The van der Waals surface area contributed by atoms with E-state index in [1.165, 1.54) is 0 Å². The molecule has 6 heteroatoms. The lowest BCUT2D eigenvalue weighted by molar-refractivity contribution is 0.0950. The summed E-state index contributed by atoms with van der Waals surface area (Å²) in [6.07, 6.45) is 3.26. The fraction of sp³-hybridized carbons (Fsp3) is 0.533. The van der Waals surface area contributed by atoms with Crippen molar-refractivity contribution in [2.45, 2.75) is 32.4 Å². The lowest BCUT2D eigenvalue weighted by Crippen LogP contribution is -2.44. The zero-order valence-electron chi connectivity index (χ0n) is 12.2. The van der Waals surface area contributed by atoms with Gasteiger partial charge >= 0.3 is 6.09 Å². The molecule has 0 atom stereocenters. The van der Waals surface area contributed by atoms with Crippen molar-refractivity contribution in [2.75, 3.05) is 19.7 Å². The minimum absolute atomic E-state index is 0.219. The summed E-state index contributed by atoms with van der Waals surface area (Å²) in [6, 6.07) is 6.12. The Kier molecular flexibility index (Phi) is 5.52. The van der Waals surface area contributed by atoms with E-state index >= 15 is 0 Å². The lowest BCUT2D eigenvalue weighted by atomic mass is 10.0. The second-order valence-electron chi connectivity index (χ2n) is 5.00. The highest BCUT2D eigenvalue weighted by atomic mass is 16.6. The highest BCUT2D eigenvalue weighted by Crippen LogP contribution is 2.12. The maximum Gasteiger partial charge on any atom is 0.409 e. The number of carbonyl (C=O) groups is 1. The Morgan fingerprint density at radius 3 is 3.00 bits per heavy atom. The maximum atomic E-state index is 11.6.